The second-order valence-electron chi connectivity index (χ2n) is 6.65. The summed E-state index contributed by atoms with van der Waals surface area (Å²) in [5, 5.41) is 3.53. The summed E-state index contributed by atoms with van der Waals surface area (Å²) in [4.78, 5) is 18.4. The predicted octanol–water partition coefficient (Wildman–Crippen LogP) is 3.54. The van der Waals surface area contributed by atoms with E-state index >= 15 is 0 Å². The van der Waals surface area contributed by atoms with E-state index in [0.717, 1.165) is 41.3 Å². The average Bonchev–Trinajstić information content (AvgIpc) is 2.88. The molecule has 2 heterocycles. The van der Waals surface area contributed by atoms with Crippen LogP contribution in [0.2, 0.25) is 0 Å². The van der Waals surface area contributed by atoms with E-state index in [0.29, 0.717) is 6.42 Å². The maximum atomic E-state index is 11.9. The van der Waals surface area contributed by atoms with Crippen molar-refractivity contribution in [1.29, 1.82) is 0 Å². The molecule has 1 N–H and O–H groups in total. The summed E-state index contributed by atoms with van der Waals surface area (Å²) in [7, 11) is 2.01. The Balaban J connectivity index is 1.74. The molecule has 1 aliphatic rings. The molecule has 1 aliphatic heterocycles. The number of nitrogens with one attached hydrogen (secondary N) is 1. The summed E-state index contributed by atoms with van der Waals surface area (Å²) in [6.07, 6.45) is 0.633. The molecule has 3 aromatic rings. The molecule has 128 valence electrons. The Bertz CT molecular complexity index is 973. The number of aromatic nitrogens is 2. The van der Waals surface area contributed by atoms with Crippen molar-refractivity contribution in [3.63, 3.8) is 0 Å². The number of hydrogen-bond donors (Lipinski definition) is 1. The number of rotatable bonds is 4. The molecule has 4 rings (SSSR count). The van der Waals surface area contributed by atoms with E-state index in [1.165, 1.54) is 11.1 Å². The molecule has 0 atom stereocenters. The standard InChI is InChI=1S/C20H22N4O/c1-13-6-4-5-7-15(13)12-21-17-10-16(24-9-8-19(24)25)11-18-20(17)22-14(2)23(18)3/h4-7,10-11,21H,8-9,12H2,1-3H3. The van der Waals surface area contributed by atoms with Gasteiger partial charge in [-0.1, -0.05) is 24.3 Å². The molecule has 1 aromatic heterocycles. The molecular weight excluding hydrogens is 312 g/mol. The Morgan fingerprint density at radius 2 is 2.00 bits per heavy atom. The number of anilines is 2. The Labute approximate surface area is 147 Å². The number of amides is 1. The molecule has 2 aromatic carbocycles. The van der Waals surface area contributed by atoms with E-state index in [1.54, 1.807) is 0 Å². The van der Waals surface area contributed by atoms with Crippen LogP contribution in [0, 0.1) is 13.8 Å². The number of benzene rings is 2. The van der Waals surface area contributed by atoms with Crippen molar-refractivity contribution in [3.05, 3.63) is 53.3 Å². The summed E-state index contributed by atoms with van der Waals surface area (Å²) in [5.41, 5.74) is 6.43. The van der Waals surface area contributed by atoms with Crippen molar-refractivity contribution < 1.29 is 4.79 Å². The lowest BCUT2D eigenvalue weighted by Crippen LogP contribution is -2.43. The lowest BCUT2D eigenvalue weighted by atomic mass is 10.1. The highest BCUT2D eigenvalue weighted by molar-refractivity contribution is 6.03. The Morgan fingerprint density at radius 1 is 1.20 bits per heavy atom. The van der Waals surface area contributed by atoms with Crippen LogP contribution in [0.25, 0.3) is 11.0 Å². The normalized spacial score (nSPS) is 14.0. The highest BCUT2D eigenvalue weighted by Gasteiger charge is 2.26. The van der Waals surface area contributed by atoms with Crippen LogP contribution in [0.1, 0.15) is 23.4 Å². The summed E-state index contributed by atoms with van der Waals surface area (Å²) >= 11 is 0. The second kappa shape index (κ2) is 5.92. The topological polar surface area (TPSA) is 50.2 Å². The van der Waals surface area contributed by atoms with Gasteiger partial charge in [0.25, 0.3) is 0 Å². The average molecular weight is 334 g/mol. The zero-order chi connectivity index (χ0) is 17.6. The largest absolute Gasteiger partial charge is 0.379 e. The summed E-state index contributed by atoms with van der Waals surface area (Å²) < 4.78 is 2.07. The monoisotopic (exact) mass is 334 g/mol. The molecule has 1 saturated heterocycles. The van der Waals surface area contributed by atoms with Crippen LogP contribution in [0.4, 0.5) is 11.4 Å². The molecular formula is C20H22N4O. The third kappa shape index (κ3) is 2.65. The number of β-lactam (4-membered cyclic amide) rings is 1. The molecule has 0 bridgehead atoms. The minimum absolute atomic E-state index is 0.183. The van der Waals surface area contributed by atoms with Crippen molar-refractivity contribution in [2.24, 2.45) is 7.05 Å². The highest BCUT2D eigenvalue weighted by atomic mass is 16.2. The smallest absolute Gasteiger partial charge is 0.228 e. The molecule has 5 nitrogen and oxygen atoms in total. The van der Waals surface area contributed by atoms with E-state index in [4.69, 9.17) is 4.98 Å². The number of hydrogen-bond acceptors (Lipinski definition) is 3. The molecule has 0 unspecified atom stereocenters. The number of aryl methyl sites for hydroxylation is 3. The highest BCUT2D eigenvalue weighted by Crippen LogP contribution is 2.32. The van der Waals surface area contributed by atoms with E-state index in [-0.39, 0.29) is 5.91 Å². The summed E-state index contributed by atoms with van der Waals surface area (Å²) in [5.74, 6) is 1.14. The van der Waals surface area contributed by atoms with Crippen LogP contribution in [-0.2, 0) is 18.4 Å². The fourth-order valence-electron chi connectivity index (χ4n) is 3.27. The lowest BCUT2D eigenvalue weighted by Gasteiger charge is -2.31. The van der Waals surface area contributed by atoms with E-state index in [9.17, 15) is 4.79 Å². The van der Waals surface area contributed by atoms with Crippen LogP contribution in [-0.4, -0.2) is 22.0 Å². The molecule has 0 radical (unpaired) electrons. The molecule has 1 amide bonds. The third-order valence-corrected chi connectivity index (χ3v) is 5.09. The quantitative estimate of drug-likeness (QED) is 0.743. The van der Waals surface area contributed by atoms with Crippen LogP contribution >= 0.6 is 0 Å². The van der Waals surface area contributed by atoms with Crippen molar-refractivity contribution in [1.82, 2.24) is 9.55 Å². The fourth-order valence-corrected chi connectivity index (χ4v) is 3.27. The summed E-state index contributed by atoms with van der Waals surface area (Å²) in [6, 6.07) is 12.5. The van der Waals surface area contributed by atoms with Gasteiger partial charge in [0.15, 0.2) is 0 Å². The Kier molecular flexibility index (Phi) is 3.71. The van der Waals surface area contributed by atoms with Gasteiger partial charge in [-0.25, -0.2) is 4.98 Å². The minimum atomic E-state index is 0.183. The van der Waals surface area contributed by atoms with Gasteiger partial charge in [0.05, 0.1) is 11.2 Å². The molecule has 0 spiro atoms. The minimum Gasteiger partial charge on any atom is -0.379 e. The number of imidazole rings is 1. The molecule has 1 fully saturated rings. The Morgan fingerprint density at radius 3 is 2.68 bits per heavy atom. The van der Waals surface area contributed by atoms with Crippen LogP contribution < -0.4 is 10.2 Å². The zero-order valence-electron chi connectivity index (χ0n) is 14.8. The van der Waals surface area contributed by atoms with Crippen molar-refractivity contribution in [3.8, 4) is 0 Å². The van der Waals surface area contributed by atoms with Gasteiger partial charge in [-0.15, -0.1) is 0 Å². The van der Waals surface area contributed by atoms with Crippen LogP contribution in [0.15, 0.2) is 36.4 Å². The number of carbonyl (C=O) groups is 1. The van der Waals surface area contributed by atoms with Gasteiger partial charge < -0.3 is 14.8 Å². The van der Waals surface area contributed by atoms with Crippen molar-refractivity contribution in [2.75, 3.05) is 16.8 Å². The first-order chi connectivity index (χ1) is 12.0. The van der Waals surface area contributed by atoms with Crippen molar-refractivity contribution >= 4 is 28.3 Å². The van der Waals surface area contributed by atoms with E-state index in [2.05, 4.69) is 47.1 Å². The first kappa shape index (κ1) is 15.7. The SMILES string of the molecule is Cc1ccccc1CNc1cc(N2CCC2=O)cc2c1nc(C)n2C. The van der Waals surface area contributed by atoms with Gasteiger partial charge in [0, 0.05) is 32.2 Å². The number of fused-ring (bicyclic) bond motifs is 1. The zero-order valence-corrected chi connectivity index (χ0v) is 14.8. The third-order valence-electron chi connectivity index (χ3n) is 5.09. The molecule has 0 saturated carbocycles. The predicted molar refractivity (Wildman–Crippen MR) is 101 cm³/mol. The maximum absolute atomic E-state index is 11.9. The van der Waals surface area contributed by atoms with Gasteiger partial charge in [-0.3, -0.25) is 4.79 Å². The lowest BCUT2D eigenvalue weighted by molar-refractivity contribution is -0.122. The van der Waals surface area contributed by atoms with Crippen LogP contribution in [0.5, 0.6) is 0 Å². The first-order valence-electron chi connectivity index (χ1n) is 8.60. The summed E-state index contributed by atoms with van der Waals surface area (Å²) in [6.45, 7) is 5.64. The molecule has 0 aliphatic carbocycles. The van der Waals surface area contributed by atoms with Gasteiger partial charge in [0.2, 0.25) is 5.91 Å². The van der Waals surface area contributed by atoms with Gasteiger partial charge >= 0.3 is 0 Å². The molecule has 25 heavy (non-hydrogen) atoms. The van der Waals surface area contributed by atoms with E-state index in [1.807, 2.05) is 24.9 Å². The molecule has 5 heteroatoms. The van der Waals surface area contributed by atoms with Gasteiger partial charge in [-0.05, 0) is 37.1 Å². The second-order valence-corrected chi connectivity index (χ2v) is 6.65. The van der Waals surface area contributed by atoms with Gasteiger partial charge in [0.1, 0.15) is 11.3 Å². The Hall–Kier alpha value is -2.82. The number of carbonyl (C=O) groups excluding carboxylic acids is 1. The van der Waals surface area contributed by atoms with Crippen molar-refractivity contribution in [2.45, 2.75) is 26.8 Å². The van der Waals surface area contributed by atoms with Crippen LogP contribution in [0.3, 0.4) is 0 Å². The number of nitrogens with zero attached hydrogens (tertiary/aromatic N) is 3. The first-order valence-corrected chi connectivity index (χ1v) is 8.60. The maximum Gasteiger partial charge on any atom is 0.228 e. The van der Waals surface area contributed by atoms with Gasteiger partial charge in [-0.2, -0.15) is 0 Å². The van der Waals surface area contributed by atoms with E-state index < -0.39 is 0 Å². The fraction of sp³-hybridized carbons (Fsp3) is 0.300.